The maximum atomic E-state index is 13.3. The molecule has 0 saturated heterocycles. The van der Waals surface area contributed by atoms with Crippen LogP contribution in [-0.2, 0) is 10.0 Å². The Morgan fingerprint density at radius 3 is 2.35 bits per heavy atom. The van der Waals surface area contributed by atoms with Crippen molar-refractivity contribution in [3.63, 3.8) is 0 Å². The van der Waals surface area contributed by atoms with E-state index in [2.05, 4.69) is 4.72 Å². The Balaban J connectivity index is 2.35. The third-order valence-electron chi connectivity index (χ3n) is 2.45. The third kappa shape index (κ3) is 3.00. The largest absolute Gasteiger partial charge is 0.396 e. The van der Waals surface area contributed by atoms with Crippen molar-refractivity contribution >= 4 is 33.0 Å². The van der Waals surface area contributed by atoms with Gasteiger partial charge in [-0.15, -0.1) is 0 Å². The standard InChI is InChI=1S/C12H9ClF2N2O2S/c13-9-3-1-7(5-10(9)14)17-20(18,19)8-2-4-12(16)11(15)6-8/h1-6,17H,16H2. The molecule has 8 heteroatoms. The fourth-order valence-electron chi connectivity index (χ4n) is 1.45. The molecule has 2 rings (SSSR count). The number of anilines is 2. The van der Waals surface area contributed by atoms with E-state index in [9.17, 15) is 17.2 Å². The van der Waals surface area contributed by atoms with Crippen LogP contribution in [0.1, 0.15) is 0 Å². The quantitative estimate of drug-likeness (QED) is 0.854. The Morgan fingerprint density at radius 2 is 1.75 bits per heavy atom. The van der Waals surface area contributed by atoms with Gasteiger partial charge in [0.15, 0.2) is 0 Å². The van der Waals surface area contributed by atoms with Gasteiger partial charge in [0.25, 0.3) is 10.0 Å². The fourth-order valence-corrected chi connectivity index (χ4v) is 2.63. The van der Waals surface area contributed by atoms with E-state index in [1.165, 1.54) is 12.1 Å². The molecule has 0 aromatic heterocycles. The monoisotopic (exact) mass is 318 g/mol. The Kier molecular flexibility index (Phi) is 3.82. The zero-order chi connectivity index (χ0) is 14.9. The van der Waals surface area contributed by atoms with Gasteiger partial charge >= 0.3 is 0 Å². The third-order valence-corrected chi connectivity index (χ3v) is 4.14. The number of nitrogens with one attached hydrogen (secondary N) is 1. The van der Waals surface area contributed by atoms with Crippen LogP contribution in [0.5, 0.6) is 0 Å². The number of benzene rings is 2. The van der Waals surface area contributed by atoms with Crippen LogP contribution in [0.25, 0.3) is 0 Å². The second-order valence-electron chi connectivity index (χ2n) is 3.92. The zero-order valence-electron chi connectivity index (χ0n) is 9.90. The van der Waals surface area contributed by atoms with E-state index >= 15 is 0 Å². The molecular formula is C12H9ClF2N2O2S. The van der Waals surface area contributed by atoms with Gasteiger partial charge < -0.3 is 5.73 Å². The van der Waals surface area contributed by atoms with Crippen molar-refractivity contribution in [3.8, 4) is 0 Å². The lowest BCUT2D eigenvalue weighted by molar-refractivity contribution is 0.596. The van der Waals surface area contributed by atoms with Crippen LogP contribution in [0.2, 0.25) is 5.02 Å². The van der Waals surface area contributed by atoms with Crippen LogP contribution in [0.4, 0.5) is 20.2 Å². The highest BCUT2D eigenvalue weighted by Crippen LogP contribution is 2.22. The van der Waals surface area contributed by atoms with Crippen molar-refractivity contribution in [1.82, 2.24) is 0 Å². The summed E-state index contributed by atoms with van der Waals surface area (Å²) in [5.74, 6) is -1.62. The topological polar surface area (TPSA) is 72.2 Å². The normalized spacial score (nSPS) is 11.3. The summed E-state index contributed by atoms with van der Waals surface area (Å²) < 4.78 is 52.6. The first-order chi connectivity index (χ1) is 9.29. The van der Waals surface area contributed by atoms with Gasteiger partial charge in [-0.25, -0.2) is 17.2 Å². The summed E-state index contributed by atoms with van der Waals surface area (Å²) >= 11 is 5.49. The SMILES string of the molecule is Nc1ccc(S(=O)(=O)Nc2ccc(Cl)c(F)c2)cc1F. The summed E-state index contributed by atoms with van der Waals surface area (Å²) in [6, 6.07) is 6.48. The van der Waals surface area contributed by atoms with Gasteiger partial charge in [0, 0.05) is 0 Å². The number of halogens is 3. The first-order valence-electron chi connectivity index (χ1n) is 5.32. The minimum atomic E-state index is -4.04. The van der Waals surface area contributed by atoms with E-state index in [0.717, 1.165) is 24.3 Å². The lowest BCUT2D eigenvalue weighted by Crippen LogP contribution is -2.13. The van der Waals surface area contributed by atoms with Gasteiger partial charge in [0.05, 0.1) is 21.3 Å². The van der Waals surface area contributed by atoms with Crippen molar-refractivity contribution in [2.24, 2.45) is 0 Å². The smallest absolute Gasteiger partial charge is 0.261 e. The molecule has 0 radical (unpaired) electrons. The zero-order valence-corrected chi connectivity index (χ0v) is 11.5. The summed E-state index contributed by atoms with van der Waals surface area (Å²) in [5, 5.41) is -0.133. The molecule has 0 bridgehead atoms. The highest BCUT2D eigenvalue weighted by atomic mass is 35.5. The van der Waals surface area contributed by atoms with Gasteiger partial charge in [-0.2, -0.15) is 0 Å². The van der Waals surface area contributed by atoms with Crippen molar-refractivity contribution < 1.29 is 17.2 Å². The second kappa shape index (κ2) is 5.26. The van der Waals surface area contributed by atoms with Crippen molar-refractivity contribution in [2.75, 3.05) is 10.5 Å². The Labute approximate surface area is 119 Å². The Hall–Kier alpha value is -1.86. The van der Waals surface area contributed by atoms with Crippen molar-refractivity contribution in [1.29, 1.82) is 0 Å². The van der Waals surface area contributed by atoms with Crippen LogP contribution < -0.4 is 10.5 Å². The molecule has 0 unspecified atom stereocenters. The molecule has 20 heavy (non-hydrogen) atoms. The molecule has 0 aliphatic carbocycles. The Bertz CT molecular complexity index is 766. The number of hydrogen-bond acceptors (Lipinski definition) is 3. The summed E-state index contributed by atoms with van der Waals surface area (Å²) in [6.45, 7) is 0. The van der Waals surface area contributed by atoms with Gasteiger partial charge in [0.1, 0.15) is 11.6 Å². The van der Waals surface area contributed by atoms with Crippen LogP contribution in [-0.4, -0.2) is 8.42 Å². The molecule has 3 N–H and O–H groups in total. The second-order valence-corrected chi connectivity index (χ2v) is 6.01. The van der Waals surface area contributed by atoms with Gasteiger partial charge in [-0.05, 0) is 36.4 Å². The highest BCUT2D eigenvalue weighted by Gasteiger charge is 2.16. The maximum Gasteiger partial charge on any atom is 0.261 e. The molecule has 0 fully saturated rings. The molecule has 0 spiro atoms. The molecule has 2 aromatic carbocycles. The number of rotatable bonds is 3. The highest BCUT2D eigenvalue weighted by molar-refractivity contribution is 7.92. The molecule has 0 saturated carbocycles. The molecule has 106 valence electrons. The minimum absolute atomic E-state index is 0.0240. The molecule has 0 amide bonds. The van der Waals surface area contributed by atoms with E-state index < -0.39 is 21.7 Å². The lowest BCUT2D eigenvalue weighted by Gasteiger charge is -2.09. The van der Waals surface area contributed by atoms with E-state index in [4.69, 9.17) is 17.3 Å². The average Bonchev–Trinajstić information content (AvgIpc) is 2.37. The van der Waals surface area contributed by atoms with Crippen LogP contribution in [0, 0.1) is 11.6 Å². The van der Waals surface area contributed by atoms with Gasteiger partial charge in [-0.3, -0.25) is 4.72 Å². The maximum absolute atomic E-state index is 13.3. The van der Waals surface area contributed by atoms with Crippen molar-refractivity contribution in [2.45, 2.75) is 4.90 Å². The van der Waals surface area contributed by atoms with E-state index in [1.807, 2.05) is 0 Å². The summed E-state index contributed by atoms with van der Waals surface area (Å²) in [4.78, 5) is -0.320. The van der Waals surface area contributed by atoms with Gasteiger partial charge in [-0.1, -0.05) is 11.6 Å². The fraction of sp³-hybridized carbons (Fsp3) is 0. The number of sulfonamides is 1. The lowest BCUT2D eigenvalue weighted by atomic mass is 10.3. The van der Waals surface area contributed by atoms with E-state index in [0.29, 0.717) is 0 Å². The summed E-state index contributed by atoms with van der Waals surface area (Å²) in [6.07, 6.45) is 0. The summed E-state index contributed by atoms with van der Waals surface area (Å²) in [5.41, 5.74) is 5.08. The molecule has 0 aliphatic heterocycles. The first kappa shape index (κ1) is 14.5. The van der Waals surface area contributed by atoms with E-state index in [1.54, 1.807) is 0 Å². The molecule has 2 aromatic rings. The molecule has 4 nitrogen and oxygen atoms in total. The molecule has 0 atom stereocenters. The first-order valence-corrected chi connectivity index (χ1v) is 7.18. The minimum Gasteiger partial charge on any atom is -0.396 e. The van der Waals surface area contributed by atoms with Crippen LogP contribution in [0.3, 0.4) is 0 Å². The average molecular weight is 319 g/mol. The van der Waals surface area contributed by atoms with Gasteiger partial charge in [0.2, 0.25) is 0 Å². The molecule has 0 aliphatic rings. The predicted octanol–water partition coefficient (Wildman–Crippen LogP) is 3.00. The molecular weight excluding hydrogens is 310 g/mol. The number of hydrogen-bond donors (Lipinski definition) is 2. The van der Waals surface area contributed by atoms with Crippen molar-refractivity contribution in [3.05, 3.63) is 53.1 Å². The number of nitrogens with two attached hydrogens (primary N) is 1. The van der Waals surface area contributed by atoms with Crippen LogP contribution in [0.15, 0.2) is 41.3 Å². The van der Waals surface area contributed by atoms with E-state index in [-0.39, 0.29) is 21.3 Å². The molecule has 0 heterocycles. The number of nitrogen functional groups attached to an aromatic ring is 1. The summed E-state index contributed by atoms with van der Waals surface area (Å²) in [7, 11) is -4.04. The predicted molar refractivity (Wildman–Crippen MR) is 73.0 cm³/mol. The Morgan fingerprint density at radius 1 is 1.05 bits per heavy atom. The van der Waals surface area contributed by atoms with Crippen LogP contribution >= 0.6 is 11.6 Å².